The van der Waals surface area contributed by atoms with Gasteiger partial charge in [-0.1, -0.05) is 70.8 Å². The van der Waals surface area contributed by atoms with Gasteiger partial charge in [-0.25, -0.2) is 0 Å². The van der Waals surface area contributed by atoms with Crippen LogP contribution in [0, 0.1) is 0 Å². The SMILES string of the molecule is IC1C=C(Sc2ccccc2)C=CC1. The molecular weight excluding hydrogens is 303 g/mol. The van der Waals surface area contributed by atoms with E-state index in [1.54, 1.807) is 0 Å². The summed E-state index contributed by atoms with van der Waals surface area (Å²) < 4.78 is 0.656. The van der Waals surface area contributed by atoms with Crippen LogP contribution >= 0.6 is 34.4 Å². The molecule has 0 saturated carbocycles. The lowest BCUT2D eigenvalue weighted by Gasteiger charge is -2.10. The second kappa shape index (κ2) is 5.03. The maximum absolute atomic E-state index is 2.47. The summed E-state index contributed by atoms with van der Waals surface area (Å²) in [5, 5.41) is 0. The lowest BCUT2D eigenvalue weighted by molar-refractivity contribution is 1.09. The van der Waals surface area contributed by atoms with Gasteiger partial charge < -0.3 is 0 Å². The maximum Gasteiger partial charge on any atom is 0.0337 e. The van der Waals surface area contributed by atoms with Gasteiger partial charge in [-0.05, 0) is 18.6 Å². The lowest BCUT2D eigenvalue weighted by atomic mass is 10.2. The molecule has 0 N–H and O–H groups in total. The predicted molar refractivity (Wildman–Crippen MR) is 71.9 cm³/mol. The Morgan fingerprint density at radius 1 is 1.21 bits per heavy atom. The van der Waals surface area contributed by atoms with Gasteiger partial charge in [0.15, 0.2) is 0 Å². The van der Waals surface area contributed by atoms with E-state index in [0.29, 0.717) is 3.92 Å². The summed E-state index contributed by atoms with van der Waals surface area (Å²) in [7, 11) is 0. The van der Waals surface area contributed by atoms with Crippen LogP contribution in [0.4, 0.5) is 0 Å². The van der Waals surface area contributed by atoms with Crippen LogP contribution in [0.3, 0.4) is 0 Å². The van der Waals surface area contributed by atoms with Crippen LogP contribution in [0.5, 0.6) is 0 Å². The number of alkyl halides is 1. The zero-order chi connectivity index (χ0) is 9.80. The van der Waals surface area contributed by atoms with Gasteiger partial charge in [0.05, 0.1) is 0 Å². The third-order valence-corrected chi connectivity index (χ3v) is 3.85. The molecule has 0 saturated heterocycles. The summed E-state index contributed by atoms with van der Waals surface area (Å²) in [5.74, 6) is 0. The van der Waals surface area contributed by atoms with Crippen LogP contribution in [0.15, 0.2) is 58.4 Å². The Labute approximate surface area is 103 Å². The molecule has 1 atom stereocenters. The fourth-order valence-electron chi connectivity index (χ4n) is 1.31. The normalized spacial score (nSPS) is 20.6. The summed E-state index contributed by atoms with van der Waals surface area (Å²) >= 11 is 4.31. The zero-order valence-corrected chi connectivity index (χ0v) is 10.7. The van der Waals surface area contributed by atoms with E-state index < -0.39 is 0 Å². The second-order valence-corrected chi connectivity index (χ2v) is 5.89. The highest BCUT2D eigenvalue weighted by atomic mass is 127. The topological polar surface area (TPSA) is 0 Å². The van der Waals surface area contributed by atoms with Crippen molar-refractivity contribution in [3.8, 4) is 0 Å². The van der Waals surface area contributed by atoms with Gasteiger partial charge in [0.1, 0.15) is 0 Å². The third kappa shape index (κ3) is 2.89. The van der Waals surface area contributed by atoms with E-state index >= 15 is 0 Å². The molecule has 0 nitrogen and oxygen atoms in total. The van der Waals surface area contributed by atoms with Crippen molar-refractivity contribution in [1.29, 1.82) is 0 Å². The molecule has 0 bridgehead atoms. The van der Waals surface area contributed by atoms with Crippen molar-refractivity contribution < 1.29 is 0 Å². The average molecular weight is 314 g/mol. The Morgan fingerprint density at radius 2 is 2.00 bits per heavy atom. The van der Waals surface area contributed by atoms with Gasteiger partial charge in [0.25, 0.3) is 0 Å². The van der Waals surface area contributed by atoms with Gasteiger partial charge in [-0.3, -0.25) is 0 Å². The van der Waals surface area contributed by atoms with Gasteiger partial charge in [0.2, 0.25) is 0 Å². The standard InChI is InChI=1S/C12H11IS/c13-10-5-4-8-12(9-10)14-11-6-2-1-3-7-11/h1-4,6-10H,5H2. The summed E-state index contributed by atoms with van der Waals surface area (Å²) in [4.78, 5) is 2.68. The quantitative estimate of drug-likeness (QED) is 0.575. The first-order valence-corrected chi connectivity index (χ1v) is 6.66. The first-order valence-electron chi connectivity index (χ1n) is 4.60. The molecule has 1 aliphatic rings. The van der Waals surface area contributed by atoms with E-state index in [0.717, 1.165) is 0 Å². The molecule has 0 fully saturated rings. The highest BCUT2D eigenvalue weighted by Gasteiger charge is 2.06. The van der Waals surface area contributed by atoms with Crippen LogP contribution in [-0.2, 0) is 0 Å². The maximum atomic E-state index is 2.47. The number of hydrogen-bond donors (Lipinski definition) is 0. The Hall–Kier alpha value is -0.220. The number of rotatable bonds is 2. The monoisotopic (exact) mass is 314 g/mol. The molecule has 14 heavy (non-hydrogen) atoms. The van der Waals surface area contributed by atoms with E-state index in [1.807, 2.05) is 11.8 Å². The average Bonchev–Trinajstić information content (AvgIpc) is 2.19. The number of benzene rings is 1. The van der Waals surface area contributed by atoms with E-state index in [-0.39, 0.29) is 0 Å². The minimum atomic E-state index is 0.656. The minimum Gasteiger partial charge on any atom is -0.0904 e. The van der Waals surface area contributed by atoms with E-state index in [4.69, 9.17) is 0 Å². The predicted octanol–water partition coefficient (Wildman–Crippen LogP) is 4.43. The second-order valence-electron chi connectivity index (χ2n) is 3.14. The molecule has 2 rings (SSSR count). The smallest absolute Gasteiger partial charge is 0.0337 e. The molecule has 0 aromatic heterocycles. The first-order chi connectivity index (χ1) is 6.84. The van der Waals surface area contributed by atoms with Crippen molar-refractivity contribution in [3.05, 3.63) is 53.5 Å². The van der Waals surface area contributed by atoms with E-state index in [9.17, 15) is 0 Å². The first kappa shape index (κ1) is 10.3. The molecule has 0 amide bonds. The lowest BCUT2D eigenvalue weighted by Crippen LogP contribution is -1.95. The largest absolute Gasteiger partial charge is 0.0904 e. The minimum absolute atomic E-state index is 0.656. The Kier molecular flexibility index (Phi) is 3.70. The van der Waals surface area contributed by atoms with Crippen LogP contribution in [0.25, 0.3) is 0 Å². The molecule has 72 valence electrons. The summed E-state index contributed by atoms with van der Waals surface area (Å²) in [6.07, 6.45) is 7.97. The number of thioether (sulfide) groups is 1. The van der Waals surface area contributed by atoms with Crippen LogP contribution < -0.4 is 0 Å². The van der Waals surface area contributed by atoms with Crippen molar-refractivity contribution in [1.82, 2.24) is 0 Å². The van der Waals surface area contributed by atoms with Crippen molar-refractivity contribution >= 4 is 34.4 Å². The van der Waals surface area contributed by atoms with Crippen molar-refractivity contribution in [2.45, 2.75) is 15.2 Å². The number of halogens is 1. The summed E-state index contributed by atoms with van der Waals surface area (Å²) in [5.41, 5.74) is 0. The van der Waals surface area contributed by atoms with E-state index in [1.165, 1.54) is 16.2 Å². The molecule has 1 aliphatic carbocycles. The van der Waals surface area contributed by atoms with E-state index in [2.05, 4.69) is 71.2 Å². The fourth-order valence-corrected chi connectivity index (χ4v) is 3.20. The van der Waals surface area contributed by atoms with Crippen molar-refractivity contribution in [2.24, 2.45) is 0 Å². The molecule has 0 heterocycles. The molecule has 2 heteroatoms. The molecule has 1 unspecified atom stereocenters. The van der Waals surface area contributed by atoms with Crippen molar-refractivity contribution in [2.75, 3.05) is 0 Å². The Morgan fingerprint density at radius 3 is 2.71 bits per heavy atom. The van der Waals surface area contributed by atoms with Gasteiger partial charge in [-0.15, -0.1) is 0 Å². The summed E-state index contributed by atoms with van der Waals surface area (Å²) in [6.45, 7) is 0. The molecule has 1 aromatic carbocycles. The van der Waals surface area contributed by atoms with Crippen LogP contribution in [0.2, 0.25) is 0 Å². The highest BCUT2D eigenvalue weighted by molar-refractivity contribution is 14.1. The van der Waals surface area contributed by atoms with Crippen LogP contribution in [-0.4, -0.2) is 3.92 Å². The van der Waals surface area contributed by atoms with Crippen molar-refractivity contribution in [3.63, 3.8) is 0 Å². The zero-order valence-electron chi connectivity index (χ0n) is 7.69. The molecular formula is C12H11IS. The number of allylic oxidation sites excluding steroid dienone is 3. The Balaban J connectivity index is 2.08. The fraction of sp³-hybridized carbons (Fsp3) is 0.167. The molecule has 0 aliphatic heterocycles. The molecule has 1 aromatic rings. The highest BCUT2D eigenvalue weighted by Crippen LogP contribution is 2.31. The van der Waals surface area contributed by atoms with Gasteiger partial charge in [-0.2, -0.15) is 0 Å². The van der Waals surface area contributed by atoms with Gasteiger partial charge in [0, 0.05) is 13.7 Å². The van der Waals surface area contributed by atoms with Gasteiger partial charge >= 0.3 is 0 Å². The number of hydrogen-bond acceptors (Lipinski definition) is 1. The third-order valence-electron chi connectivity index (χ3n) is 1.97. The van der Waals surface area contributed by atoms with Crippen LogP contribution in [0.1, 0.15) is 6.42 Å². The molecule has 0 spiro atoms. The summed E-state index contributed by atoms with van der Waals surface area (Å²) in [6, 6.07) is 10.5. The Bertz CT molecular complexity index is 354. The molecule has 0 radical (unpaired) electrons.